The van der Waals surface area contributed by atoms with E-state index in [1.165, 1.54) is 22.2 Å². The van der Waals surface area contributed by atoms with Gasteiger partial charge in [0.05, 0.1) is 17.4 Å². The first kappa shape index (κ1) is 27.7. The highest BCUT2D eigenvalue weighted by atomic mass is 32.2. The molecule has 0 bridgehead atoms. The quantitative estimate of drug-likeness (QED) is 0.262. The van der Waals surface area contributed by atoms with Crippen molar-refractivity contribution in [1.29, 1.82) is 0 Å². The zero-order valence-corrected chi connectivity index (χ0v) is 22.5. The Morgan fingerprint density at radius 2 is 1.82 bits per heavy atom. The van der Waals surface area contributed by atoms with Crippen LogP contribution in [0.2, 0.25) is 0 Å². The number of rotatable bonds is 10. The topological polar surface area (TPSA) is 128 Å². The molecule has 204 valence electrons. The molecule has 2 aromatic rings. The number of ether oxygens (including phenoxy) is 1. The SMILES string of the molecule is CN(C)CCCOc1ccc(C2=CCC(S(=O)(=O)N3CCN(c4ncc(C(=O)NO)cn4)CC3)C=C2)cc1. The van der Waals surface area contributed by atoms with Crippen molar-refractivity contribution in [2.24, 2.45) is 0 Å². The summed E-state index contributed by atoms with van der Waals surface area (Å²) < 4.78 is 33.9. The fourth-order valence-corrected chi connectivity index (χ4v) is 6.02. The number of benzene rings is 1. The number of hydroxylamine groups is 1. The van der Waals surface area contributed by atoms with Crippen LogP contribution in [-0.2, 0) is 10.0 Å². The van der Waals surface area contributed by atoms with Gasteiger partial charge in [0.25, 0.3) is 5.91 Å². The number of nitrogens with zero attached hydrogens (tertiary/aromatic N) is 5. The summed E-state index contributed by atoms with van der Waals surface area (Å²) in [5.41, 5.74) is 3.69. The van der Waals surface area contributed by atoms with Crippen LogP contribution in [0.1, 0.15) is 28.8 Å². The summed E-state index contributed by atoms with van der Waals surface area (Å²) in [6, 6.07) is 7.88. The summed E-state index contributed by atoms with van der Waals surface area (Å²) >= 11 is 0. The van der Waals surface area contributed by atoms with E-state index in [9.17, 15) is 13.2 Å². The number of anilines is 1. The number of aromatic nitrogens is 2. The molecule has 11 nitrogen and oxygen atoms in total. The van der Waals surface area contributed by atoms with Gasteiger partial charge in [0.1, 0.15) is 5.75 Å². The molecule has 12 heteroatoms. The molecule has 2 N–H and O–H groups in total. The van der Waals surface area contributed by atoms with Gasteiger partial charge in [-0.25, -0.2) is 23.9 Å². The predicted octanol–water partition coefficient (Wildman–Crippen LogP) is 1.79. The summed E-state index contributed by atoms with van der Waals surface area (Å²) in [4.78, 5) is 23.8. The van der Waals surface area contributed by atoms with Gasteiger partial charge in [-0.3, -0.25) is 10.0 Å². The van der Waals surface area contributed by atoms with Gasteiger partial charge in [-0.1, -0.05) is 30.4 Å². The highest BCUT2D eigenvalue weighted by Crippen LogP contribution is 2.28. The monoisotopic (exact) mass is 542 g/mol. The van der Waals surface area contributed by atoms with Crippen LogP contribution in [0.5, 0.6) is 5.75 Å². The number of carbonyl (C=O) groups excluding carboxylic acids is 1. The minimum Gasteiger partial charge on any atom is -0.494 e. The van der Waals surface area contributed by atoms with Gasteiger partial charge >= 0.3 is 0 Å². The van der Waals surface area contributed by atoms with E-state index in [4.69, 9.17) is 9.94 Å². The first-order chi connectivity index (χ1) is 18.3. The third kappa shape index (κ3) is 6.76. The Labute approximate surface area is 223 Å². The van der Waals surface area contributed by atoms with Crippen molar-refractivity contribution < 1.29 is 23.2 Å². The number of piperazine rings is 1. The van der Waals surface area contributed by atoms with Crippen molar-refractivity contribution in [3.05, 3.63) is 66.0 Å². The first-order valence-electron chi connectivity index (χ1n) is 12.5. The number of amides is 1. The van der Waals surface area contributed by atoms with Gasteiger partial charge < -0.3 is 14.5 Å². The average molecular weight is 543 g/mol. The molecule has 0 spiro atoms. The Morgan fingerprint density at radius 3 is 2.39 bits per heavy atom. The van der Waals surface area contributed by atoms with E-state index in [1.54, 1.807) is 6.08 Å². The van der Waals surface area contributed by atoms with E-state index in [0.717, 1.165) is 29.9 Å². The van der Waals surface area contributed by atoms with Crippen molar-refractivity contribution in [2.75, 3.05) is 58.3 Å². The van der Waals surface area contributed by atoms with Crippen LogP contribution in [0.15, 0.2) is 54.9 Å². The molecule has 1 unspecified atom stereocenters. The van der Waals surface area contributed by atoms with Crippen molar-refractivity contribution >= 4 is 27.5 Å². The second-order valence-corrected chi connectivity index (χ2v) is 11.6. The molecule has 1 saturated heterocycles. The highest BCUT2D eigenvalue weighted by Gasteiger charge is 2.33. The van der Waals surface area contributed by atoms with Crippen LogP contribution in [0.3, 0.4) is 0 Å². The Balaban J connectivity index is 1.29. The number of hydrogen-bond donors (Lipinski definition) is 2. The Kier molecular flexibility index (Phi) is 9.10. The molecule has 1 amide bonds. The maximum absolute atomic E-state index is 13.3. The maximum Gasteiger partial charge on any atom is 0.277 e. The molecule has 1 aromatic carbocycles. The van der Waals surface area contributed by atoms with Crippen molar-refractivity contribution in [1.82, 2.24) is 24.7 Å². The summed E-state index contributed by atoms with van der Waals surface area (Å²) in [5, 5.41) is 8.10. The van der Waals surface area contributed by atoms with E-state index in [1.807, 2.05) is 55.4 Å². The highest BCUT2D eigenvalue weighted by molar-refractivity contribution is 7.89. The molecule has 2 aliphatic rings. The standard InChI is InChI=1S/C26H34N6O5S/c1-30(2)12-3-17-37-23-8-4-20(5-9-23)21-6-10-24(11-7-21)38(35,36)32-15-13-31(14-16-32)26-27-18-22(19-28-26)25(33)29-34/h4-10,18-19,24,34H,3,11-17H2,1-2H3,(H,29,33). The lowest BCUT2D eigenvalue weighted by atomic mass is 9.99. The van der Waals surface area contributed by atoms with E-state index >= 15 is 0 Å². The summed E-state index contributed by atoms with van der Waals surface area (Å²) in [7, 11) is 0.566. The Morgan fingerprint density at radius 1 is 1.13 bits per heavy atom. The number of nitrogens with one attached hydrogen (secondary N) is 1. The molecule has 1 aliphatic heterocycles. The van der Waals surface area contributed by atoms with Gasteiger partial charge in [0.15, 0.2) is 0 Å². The molecule has 0 radical (unpaired) electrons. The fourth-order valence-electron chi connectivity index (χ4n) is 4.35. The van der Waals surface area contributed by atoms with Gasteiger partial charge in [-0.05, 0) is 50.2 Å². The second-order valence-electron chi connectivity index (χ2n) is 9.47. The van der Waals surface area contributed by atoms with Gasteiger partial charge in [-0.15, -0.1) is 0 Å². The summed E-state index contributed by atoms with van der Waals surface area (Å²) in [5.74, 6) is 0.540. The minimum absolute atomic E-state index is 0.133. The molecule has 4 rings (SSSR count). The third-order valence-corrected chi connectivity index (χ3v) is 8.73. The maximum atomic E-state index is 13.3. The Hall–Kier alpha value is -3.32. The van der Waals surface area contributed by atoms with Crippen LogP contribution in [-0.4, -0.2) is 97.4 Å². The molecule has 1 aliphatic carbocycles. The molecular formula is C26H34N6O5S. The molecular weight excluding hydrogens is 508 g/mol. The number of hydrogen-bond acceptors (Lipinski definition) is 9. The molecule has 1 fully saturated rings. The summed E-state index contributed by atoms with van der Waals surface area (Å²) in [6.45, 7) is 3.16. The predicted molar refractivity (Wildman–Crippen MR) is 145 cm³/mol. The van der Waals surface area contributed by atoms with Crippen molar-refractivity contribution in [2.45, 2.75) is 18.1 Å². The Bertz CT molecular complexity index is 1250. The zero-order valence-electron chi connectivity index (χ0n) is 21.7. The smallest absolute Gasteiger partial charge is 0.277 e. The normalized spacial score (nSPS) is 18.4. The largest absolute Gasteiger partial charge is 0.494 e. The van der Waals surface area contributed by atoms with Crippen LogP contribution < -0.4 is 15.1 Å². The van der Waals surface area contributed by atoms with Crippen LogP contribution >= 0.6 is 0 Å². The van der Waals surface area contributed by atoms with Gasteiger partial charge in [-0.2, -0.15) is 4.31 Å². The van der Waals surface area contributed by atoms with Crippen LogP contribution in [0.25, 0.3) is 5.57 Å². The molecule has 2 heterocycles. The molecule has 1 atom stereocenters. The lowest BCUT2D eigenvalue weighted by Gasteiger charge is -2.35. The molecule has 0 saturated carbocycles. The fraction of sp³-hybridized carbons (Fsp3) is 0.423. The van der Waals surface area contributed by atoms with Crippen LogP contribution in [0.4, 0.5) is 5.95 Å². The average Bonchev–Trinajstić information content (AvgIpc) is 2.95. The van der Waals surface area contributed by atoms with E-state index < -0.39 is 21.2 Å². The zero-order chi connectivity index (χ0) is 27.1. The van der Waals surface area contributed by atoms with Crippen molar-refractivity contribution in [3.8, 4) is 5.75 Å². The number of sulfonamides is 1. The van der Waals surface area contributed by atoms with E-state index in [-0.39, 0.29) is 5.56 Å². The molecule has 38 heavy (non-hydrogen) atoms. The first-order valence-corrected chi connectivity index (χ1v) is 14.0. The van der Waals surface area contributed by atoms with Gasteiger partial charge in [0, 0.05) is 45.1 Å². The van der Waals surface area contributed by atoms with Gasteiger partial charge in [0.2, 0.25) is 16.0 Å². The number of carbonyl (C=O) groups is 1. The number of allylic oxidation sites excluding steroid dienone is 3. The molecule has 1 aromatic heterocycles. The third-order valence-electron chi connectivity index (χ3n) is 6.53. The van der Waals surface area contributed by atoms with E-state index in [2.05, 4.69) is 14.9 Å². The summed E-state index contributed by atoms with van der Waals surface area (Å²) in [6.07, 6.45) is 9.64. The lowest BCUT2D eigenvalue weighted by Crippen LogP contribution is -2.51. The van der Waals surface area contributed by atoms with Crippen molar-refractivity contribution in [3.63, 3.8) is 0 Å². The lowest BCUT2D eigenvalue weighted by molar-refractivity contribution is 0.0705. The minimum atomic E-state index is -3.51. The second kappa shape index (κ2) is 12.5. The van der Waals surface area contributed by atoms with Crippen LogP contribution in [0, 0.1) is 0 Å². The van der Waals surface area contributed by atoms with E-state index in [0.29, 0.717) is 45.2 Å².